The van der Waals surface area contributed by atoms with Crippen LogP contribution in [0.4, 0.5) is 19.3 Å². The Morgan fingerprint density at radius 2 is 1.89 bits per heavy atom. The Morgan fingerprint density at radius 1 is 1.16 bits per heavy atom. The first-order chi connectivity index (χ1) is 17.3. The maximum absolute atomic E-state index is 14.1. The van der Waals surface area contributed by atoms with Crippen molar-refractivity contribution in [1.82, 2.24) is 15.3 Å². The lowest BCUT2D eigenvalue weighted by Gasteiger charge is -2.34. The third-order valence-corrected chi connectivity index (χ3v) is 6.33. The highest BCUT2D eigenvalue weighted by Gasteiger charge is 2.44. The van der Waals surface area contributed by atoms with Gasteiger partial charge in [0, 0.05) is 29.8 Å². The molecule has 0 saturated carbocycles. The molecule has 0 spiro atoms. The molecule has 1 aromatic heterocycles. The number of hydrogen-bond donors (Lipinski definition) is 2. The number of alkyl halides is 2. The van der Waals surface area contributed by atoms with Crippen molar-refractivity contribution < 1.29 is 23.0 Å². The molecule has 0 bridgehead atoms. The number of nitrogens with one attached hydrogen (secondary N) is 2. The van der Waals surface area contributed by atoms with Crippen LogP contribution in [0.5, 0.6) is 17.4 Å². The van der Waals surface area contributed by atoms with E-state index in [1.54, 1.807) is 38.3 Å². The fourth-order valence-corrected chi connectivity index (χ4v) is 3.78. The summed E-state index contributed by atoms with van der Waals surface area (Å²) in [6, 6.07) is 9.90. The number of methoxy groups -OCH3 is 1. The Balaban J connectivity index is 1.74. The topological polar surface area (TPSA) is 85.4 Å². The number of aryl methyl sites for hydroxylation is 1. The lowest BCUT2D eigenvalue weighted by Crippen LogP contribution is -2.35. The van der Waals surface area contributed by atoms with Crippen molar-refractivity contribution in [2.24, 2.45) is 5.41 Å². The first kappa shape index (κ1) is 27.6. The molecule has 196 valence electrons. The highest BCUT2D eigenvalue weighted by atomic mass is 19.3. The second kappa shape index (κ2) is 10.9. The number of rotatable bonds is 9. The molecule has 2 amide bonds. The quantitative estimate of drug-likeness (QED) is 0.293. The SMILES string of the molecule is C=C(/C=C(\CC)C(C)(C)C(C)(F)F)NC(=O)Nc1cccc(Oc2ncnc3cc(C)c(OC)cc23)c1. The molecule has 0 aliphatic rings. The molecule has 0 aliphatic carbocycles. The van der Waals surface area contributed by atoms with Crippen molar-refractivity contribution in [2.75, 3.05) is 12.4 Å². The predicted octanol–water partition coefficient (Wildman–Crippen LogP) is 7.39. The lowest BCUT2D eigenvalue weighted by atomic mass is 9.77. The molecule has 2 N–H and O–H groups in total. The molecule has 1 heterocycles. The summed E-state index contributed by atoms with van der Waals surface area (Å²) in [6.07, 6.45) is 3.30. The first-order valence-corrected chi connectivity index (χ1v) is 11.8. The summed E-state index contributed by atoms with van der Waals surface area (Å²) in [5, 5.41) is 5.97. The van der Waals surface area contributed by atoms with Gasteiger partial charge in [0.15, 0.2) is 0 Å². The van der Waals surface area contributed by atoms with Crippen LogP contribution in [-0.2, 0) is 0 Å². The van der Waals surface area contributed by atoms with Crippen molar-refractivity contribution in [3.63, 3.8) is 0 Å². The van der Waals surface area contributed by atoms with E-state index in [0.29, 0.717) is 46.0 Å². The second-order valence-corrected chi connectivity index (χ2v) is 9.29. The molecule has 0 radical (unpaired) electrons. The van der Waals surface area contributed by atoms with Crippen LogP contribution in [0, 0.1) is 12.3 Å². The summed E-state index contributed by atoms with van der Waals surface area (Å²) in [6.45, 7) is 11.3. The van der Waals surface area contributed by atoms with Gasteiger partial charge in [-0.15, -0.1) is 0 Å². The fourth-order valence-electron chi connectivity index (χ4n) is 3.78. The van der Waals surface area contributed by atoms with Gasteiger partial charge in [-0.1, -0.05) is 39.0 Å². The molecule has 3 rings (SSSR count). The van der Waals surface area contributed by atoms with Gasteiger partial charge in [0.05, 0.1) is 18.0 Å². The number of nitrogens with zero attached hydrogens (tertiary/aromatic N) is 2. The van der Waals surface area contributed by atoms with Crippen molar-refractivity contribution in [1.29, 1.82) is 0 Å². The van der Waals surface area contributed by atoms with E-state index in [1.807, 2.05) is 19.1 Å². The van der Waals surface area contributed by atoms with E-state index >= 15 is 0 Å². The maximum Gasteiger partial charge on any atom is 0.323 e. The van der Waals surface area contributed by atoms with Gasteiger partial charge in [-0.2, -0.15) is 0 Å². The van der Waals surface area contributed by atoms with Crippen LogP contribution in [0.3, 0.4) is 0 Å². The number of aromatic nitrogens is 2. The zero-order valence-electron chi connectivity index (χ0n) is 21.9. The normalized spacial score (nSPS) is 12.3. The maximum atomic E-state index is 14.1. The summed E-state index contributed by atoms with van der Waals surface area (Å²) in [7, 11) is 1.59. The van der Waals surface area contributed by atoms with Crippen LogP contribution in [0.1, 0.15) is 39.7 Å². The van der Waals surface area contributed by atoms with E-state index in [-0.39, 0.29) is 5.70 Å². The van der Waals surface area contributed by atoms with Gasteiger partial charge in [0.25, 0.3) is 5.92 Å². The summed E-state index contributed by atoms with van der Waals surface area (Å²) in [5.74, 6) is -1.47. The van der Waals surface area contributed by atoms with Crippen LogP contribution in [0.15, 0.2) is 66.7 Å². The summed E-state index contributed by atoms with van der Waals surface area (Å²) >= 11 is 0. The van der Waals surface area contributed by atoms with Gasteiger partial charge in [-0.25, -0.2) is 23.5 Å². The minimum atomic E-state index is -2.93. The zero-order valence-corrected chi connectivity index (χ0v) is 21.9. The average Bonchev–Trinajstić information content (AvgIpc) is 2.81. The molecule has 0 atom stereocenters. The number of hydrogen-bond acceptors (Lipinski definition) is 5. The van der Waals surface area contributed by atoms with E-state index < -0.39 is 17.4 Å². The number of fused-ring (bicyclic) bond motifs is 1. The average molecular weight is 511 g/mol. The van der Waals surface area contributed by atoms with E-state index in [2.05, 4.69) is 27.2 Å². The number of ether oxygens (including phenoxy) is 2. The Labute approximate surface area is 215 Å². The lowest BCUT2D eigenvalue weighted by molar-refractivity contribution is -0.0702. The van der Waals surface area contributed by atoms with Crippen LogP contribution in [-0.4, -0.2) is 29.0 Å². The Bertz CT molecular complexity index is 1350. The van der Waals surface area contributed by atoms with Crippen LogP contribution < -0.4 is 20.1 Å². The smallest absolute Gasteiger partial charge is 0.323 e. The van der Waals surface area contributed by atoms with E-state index in [1.165, 1.54) is 26.3 Å². The molecule has 37 heavy (non-hydrogen) atoms. The van der Waals surface area contributed by atoms with Crippen LogP contribution >= 0.6 is 0 Å². The largest absolute Gasteiger partial charge is 0.496 e. The summed E-state index contributed by atoms with van der Waals surface area (Å²) in [4.78, 5) is 21.1. The van der Waals surface area contributed by atoms with Gasteiger partial charge in [-0.05, 0) is 49.2 Å². The van der Waals surface area contributed by atoms with E-state index in [9.17, 15) is 13.6 Å². The molecular formula is C28H32F2N4O3. The van der Waals surface area contributed by atoms with Gasteiger partial charge >= 0.3 is 6.03 Å². The fraction of sp³-hybridized carbons (Fsp3) is 0.321. The highest BCUT2D eigenvalue weighted by molar-refractivity contribution is 5.91. The predicted molar refractivity (Wildman–Crippen MR) is 141 cm³/mol. The van der Waals surface area contributed by atoms with E-state index in [0.717, 1.165) is 12.5 Å². The Kier molecular flexibility index (Phi) is 8.15. The van der Waals surface area contributed by atoms with Gasteiger partial charge in [0.1, 0.15) is 17.8 Å². The molecule has 3 aromatic rings. The monoisotopic (exact) mass is 510 g/mol. The highest BCUT2D eigenvalue weighted by Crippen LogP contribution is 2.43. The Morgan fingerprint density at radius 3 is 2.54 bits per heavy atom. The van der Waals surface area contributed by atoms with E-state index in [4.69, 9.17) is 9.47 Å². The van der Waals surface area contributed by atoms with Crippen molar-refractivity contribution in [2.45, 2.75) is 47.0 Å². The standard InChI is InChI=1S/C28H32F2N4O3/c1-8-19(27(4,5)28(6,29)30)13-18(3)33-26(35)34-20-10-9-11-21(14-20)37-25-22-15-24(36-7)17(2)12-23(22)31-16-32-25/h9-16H,3,8H2,1-2,4-7H3,(H2,33,34,35)/b19-13+. The number of benzene rings is 2. The number of halogens is 2. The number of urea groups is 1. The first-order valence-electron chi connectivity index (χ1n) is 11.8. The van der Waals surface area contributed by atoms with Gasteiger partial charge in [-0.3, -0.25) is 0 Å². The van der Waals surface area contributed by atoms with Gasteiger partial charge in [0.2, 0.25) is 5.88 Å². The van der Waals surface area contributed by atoms with Crippen molar-refractivity contribution in [3.05, 3.63) is 72.2 Å². The molecule has 9 heteroatoms. The summed E-state index contributed by atoms with van der Waals surface area (Å²) in [5.41, 5.74) is 1.39. The molecule has 0 aliphatic heterocycles. The van der Waals surface area contributed by atoms with Crippen LogP contribution in [0.2, 0.25) is 0 Å². The summed E-state index contributed by atoms with van der Waals surface area (Å²) < 4.78 is 39.6. The number of amides is 2. The molecule has 2 aromatic carbocycles. The molecule has 7 nitrogen and oxygen atoms in total. The minimum absolute atomic E-state index is 0.204. The van der Waals surface area contributed by atoms with Crippen LogP contribution in [0.25, 0.3) is 10.9 Å². The minimum Gasteiger partial charge on any atom is -0.496 e. The Hall–Kier alpha value is -4.01. The van der Waals surface area contributed by atoms with Crippen molar-refractivity contribution in [3.8, 4) is 17.4 Å². The third-order valence-electron chi connectivity index (χ3n) is 6.33. The molecule has 0 saturated heterocycles. The zero-order chi connectivity index (χ0) is 27.4. The van der Waals surface area contributed by atoms with Gasteiger partial charge < -0.3 is 20.1 Å². The molecular weight excluding hydrogens is 478 g/mol. The molecule has 0 unspecified atom stereocenters. The third kappa shape index (κ3) is 6.41. The number of anilines is 1. The number of allylic oxidation sites excluding steroid dienone is 2. The molecule has 0 fully saturated rings. The number of carbonyl (C=O) groups is 1. The number of carbonyl (C=O) groups excluding carboxylic acids is 1. The van der Waals surface area contributed by atoms with Crippen molar-refractivity contribution >= 4 is 22.6 Å². The second-order valence-electron chi connectivity index (χ2n) is 9.29.